The Morgan fingerprint density at radius 2 is 2.00 bits per heavy atom. The topological polar surface area (TPSA) is 20.2 Å². The maximum Gasteiger partial charge on any atom is 0.191 e. The Hall–Kier alpha value is -0.673. The van der Waals surface area contributed by atoms with Crippen molar-refractivity contribution in [2.45, 2.75) is 0 Å². The molecule has 0 amide bonds. The third-order valence-electron chi connectivity index (χ3n) is 1.13. The van der Waals surface area contributed by atoms with Crippen LogP contribution in [0.5, 0.6) is 0 Å². The highest BCUT2D eigenvalue weighted by molar-refractivity contribution is 6.45. The average Bonchev–Trinajstić information content (AvgIpc) is 1.89. The second-order valence-corrected chi connectivity index (χ2v) is 2.83. The quantitative estimate of drug-likeness (QED) is 0.525. The molecule has 3 heteroatoms. The first-order valence-electron chi connectivity index (χ1n) is 2.69. The lowest BCUT2D eigenvalue weighted by molar-refractivity contribution is 0.602. The molecule has 9 heavy (non-hydrogen) atoms. The van der Waals surface area contributed by atoms with E-state index < -0.39 is 9.76 Å². The molecule has 1 aromatic carbocycles. The van der Waals surface area contributed by atoms with Crippen molar-refractivity contribution in [1.29, 1.82) is 0 Å². The molecule has 0 radical (unpaired) electrons. The molecule has 1 rings (SSSR count). The van der Waals surface area contributed by atoms with E-state index in [0.29, 0.717) is 5.19 Å². The first kappa shape index (κ1) is 6.45. The molecule has 0 fully saturated rings. The van der Waals surface area contributed by atoms with Crippen LogP contribution in [0.15, 0.2) is 24.3 Å². The predicted octanol–water partition coefficient (Wildman–Crippen LogP) is -0.473. The minimum absolute atomic E-state index is 0.285. The van der Waals surface area contributed by atoms with Crippen molar-refractivity contribution in [3.05, 3.63) is 30.1 Å². The van der Waals surface area contributed by atoms with Crippen LogP contribution in [0, 0.1) is 5.82 Å². The van der Waals surface area contributed by atoms with Gasteiger partial charge in [-0.05, 0) is 11.3 Å². The number of hydrogen-bond donors (Lipinski definition) is 1. The fourth-order valence-electron chi connectivity index (χ4n) is 0.627. The van der Waals surface area contributed by atoms with Crippen LogP contribution in [0.4, 0.5) is 4.39 Å². The molecular weight excluding hydrogens is 135 g/mol. The summed E-state index contributed by atoms with van der Waals surface area (Å²) >= 11 is 0. The fourth-order valence-corrected chi connectivity index (χ4v) is 1.14. The van der Waals surface area contributed by atoms with Gasteiger partial charge in [-0.1, -0.05) is 18.2 Å². The number of hydrogen-bond acceptors (Lipinski definition) is 1. The highest BCUT2D eigenvalue weighted by Gasteiger charge is 1.95. The first-order chi connectivity index (χ1) is 4.34. The summed E-state index contributed by atoms with van der Waals surface area (Å²) in [6.45, 7) is 0. The van der Waals surface area contributed by atoms with E-state index in [0.717, 1.165) is 0 Å². The van der Waals surface area contributed by atoms with Crippen LogP contribution in [0.3, 0.4) is 0 Å². The average molecular weight is 142 g/mol. The molecule has 0 saturated carbocycles. The van der Waals surface area contributed by atoms with E-state index in [-0.39, 0.29) is 5.82 Å². The first-order valence-corrected chi connectivity index (χ1v) is 4.03. The fraction of sp³-hybridized carbons (Fsp3) is 0. The van der Waals surface area contributed by atoms with Crippen molar-refractivity contribution in [2.24, 2.45) is 0 Å². The standard InChI is InChI=1S/C6H7FOSi/c7-5-3-1-2-4-6(5)9-8/h1-4,8H,9H2. The molecule has 0 aliphatic rings. The van der Waals surface area contributed by atoms with Crippen LogP contribution >= 0.6 is 0 Å². The van der Waals surface area contributed by atoms with E-state index in [4.69, 9.17) is 4.80 Å². The molecule has 0 heterocycles. The van der Waals surface area contributed by atoms with Crippen molar-refractivity contribution in [3.8, 4) is 0 Å². The summed E-state index contributed by atoms with van der Waals surface area (Å²) in [7, 11) is -1.31. The Balaban J connectivity index is 3.01. The second-order valence-electron chi connectivity index (χ2n) is 1.75. The Morgan fingerprint density at radius 3 is 2.44 bits per heavy atom. The lowest BCUT2D eigenvalue weighted by Crippen LogP contribution is -2.16. The number of halogens is 1. The summed E-state index contributed by atoms with van der Waals surface area (Å²) in [5.74, 6) is -0.285. The van der Waals surface area contributed by atoms with Crippen molar-refractivity contribution < 1.29 is 9.19 Å². The number of benzene rings is 1. The van der Waals surface area contributed by atoms with Gasteiger partial charge in [-0.15, -0.1) is 0 Å². The van der Waals surface area contributed by atoms with Gasteiger partial charge in [0.15, 0.2) is 9.76 Å². The smallest absolute Gasteiger partial charge is 0.191 e. The summed E-state index contributed by atoms with van der Waals surface area (Å²) in [5, 5.41) is 0.484. The molecule has 0 atom stereocenters. The van der Waals surface area contributed by atoms with Crippen LogP contribution in [-0.4, -0.2) is 14.6 Å². The van der Waals surface area contributed by atoms with E-state index in [1.165, 1.54) is 6.07 Å². The highest BCUT2D eigenvalue weighted by atomic mass is 28.2. The van der Waals surface area contributed by atoms with Gasteiger partial charge in [0.05, 0.1) is 0 Å². The zero-order valence-electron chi connectivity index (χ0n) is 4.84. The SMILES string of the molecule is O[SiH2]c1ccccc1F. The number of rotatable bonds is 1. The van der Waals surface area contributed by atoms with Gasteiger partial charge in [0, 0.05) is 0 Å². The molecular formula is C6H7FOSi. The van der Waals surface area contributed by atoms with E-state index in [2.05, 4.69) is 0 Å². The lowest BCUT2D eigenvalue weighted by Gasteiger charge is -1.93. The molecule has 1 N–H and O–H groups in total. The summed E-state index contributed by atoms with van der Waals surface area (Å²) in [6.07, 6.45) is 0. The maximum atomic E-state index is 12.5. The Bertz CT molecular complexity index is 202. The van der Waals surface area contributed by atoms with Crippen LogP contribution in [0.25, 0.3) is 0 Å². The van der Waals surface area contributed by atoms with Crippen molar-refractivity contribution in [2.75, 3.05) is 0 Å². The maximum absolute atomic E-state index is 12.5. The largest absolute Gasteiger partial charge is 0.433 e. The molecule has 0 aliphatic heterocycles. The zero-order valence-corrected chi connectivity index (χ0v) is 6.26. The monoisotopic (exact) mass is 142 g/mol. The normalized spacial score (nSPS) is 10.9. The molecule has 0 aromatic heterocycles. The minimum atomic E-state index is -1.31. The Kier molecular flexibility index (Phi) is 1.97. The van der Waals surface area contributed by atoms with Crippen LogP contribution in [0.1, 0.15) is 0 Å². The van der Waals surface area contributed by atoms with E-state index in [1.807, 2.05) is 0 Å². The van der Waals surface area contributed by atoms with Gasteiger partial charge in [-0.2, -0.15) is 0 Å². The molecule has 1 nitrogen and oxygen atoms in total. The summed E-state index contributed by atoms with van der Waals surface area (Å²) in [5.41, 5.74) is 0. The van der Waals surface area contributed by atoms with Crippen LogP contribution < -0.4 is 5.19 Å². The van der Waals surface area contributed by atoms with E-state index in [9.17, 15) is 4.39 Å². The van der Waals surface area contributed by atoms with Crippen molar-refractivity contribution in [3.63, 3.8) is 0 Å². The van der Waals surface area contributed by atoms with Gasteiger partial charge in [0.2, 0.25) is 0 Å². The predicted molar refractivity (Wildman–Crippen MR) is 36.8 cm³/mol. The lowest BCUT2D eigenvalue weighted by atomic mass is 10.3. The summed E-state index contributed by atoms with van der Waals surface area (Å²) in [6, 6.07) is 6.31. The highest BCUT2D eigenvalue weighted by Crippen LogP contribution is 1.89. The zero-order chi connectivity index (χ0) is 6.69. The van der Waals surface area contributed by atoms with E-state index in [1.54, 1.807) is 18.2 Å². The third kappa shape index (κ3) is 1.37. The van der Waals surface area contributed by atoms with Gasteiger partial charge >= 0.3 is 0 Å². The van der Waals surface area contributed by atoms with Gasteiger partial charge in [-0.3, -0.25) is 0 Å². The molecule has 0 saturated heterocycles. The van der Waals surface area contributed by atoms with Gasteiger partial charge in [-0.25, -0.2) is 4.39 Å². The summed E-state index contributed by atoms with van der Waals surface area (Å²) < 4.78 is 12.5. The van der Waals surface area contributed by atoms with Gasteiger partial charge < -0.3 is 4.80 Å². The van der Waals surface area contributed by atoms with Crippen LogP contribution in [0.2, 0.25) is 0 Å². The van der Waals surface area contributed by atoms with E-state index >= 15 is 0 Å². The molecule has 0 aliphatic carbocycles. The second kappa shape index (κ2) is 2.75. The molecule has 0 bridgehead atoms. The van der Waals surface area contributed by atoms with Crippen LogP contribution in [-0.2, 0) is 0 Å². The Morgan fingerprint density at radius 1 is 1.33 bits per heavy atom. The molecule has 48 valence electrons. The summed E-state index contributed by atoms with van der Waals surface area (Å²) in [4.78, 5) is 8.62. The molecule has 0 unspecified atom stereocenters. The minimum Gasteiger partial charge on any atom is -0.433 e. The Labute approximate surface area is 55.1 Å². The third-order valence-corrected chi connectivity index (χ3v) is 2.04. The molecule has 0 spiro atoms. The van der Waals surface area contributed by atoms with Crippen molar-refractivity contribution >= 4 is 14.9 Å². The molecule has 1 aromatic rings. The van der Waals surface area contributed by atoms with Crippen molar-refractivity contribution in [1.82, 2.24) is 0 Å². The van der Waals surface area contributed by atoms with Gasteiger partial charge in [0.25, 0.3) is 0 Å². The van der Waals surface area contributed by atoms with Gasteiger partial charge in [0.1, 0.15) is 5.82 Å².